The number of nitrogens with zero attached hydrogens (tertiary/aromatic N) is 3. The van der Waals surface area contributed by atoms with Crippen LogP contribution in [-0.2, 0) is 24.6 Å². The molecule has 0 bridgehead atoms. The number of rotatable bonds is 7. The number of ether oxygens (including phenoxy) is 1. The first-order valence-electron chi connectivity index (χ1n) is 9.40. The zero-order valence-corrected chi connectivity index (χ0v) is 19.0. The van der Waals surface area contributed by atoms with Crippen LogP contribution in [0.4, 0.5) is 5.69 Å². The lowest BCUT2D eigenvalue weighted by molar-refractivity contribution is 0.0730. The van der Waals surface area contributed by atoms with Gasteiger partial charge in [0.15, 0.2) is 5.69 Å². The number of amides is 1. The number of sulfonamides is 1. The Hall–Kier alpha value is -2.12. The third kappa shape index (κ3) is 5.39. The number of aromatic nitrogens is 2. The summed E-state index contributed by atoms with van der Waals surface area (Å²) < 4.78 is 56.2. The summed E-state index contributed by atoms with van der Waals surface area (Å²) in [6.45, 7) is 2.92. The number of nitrogens with one attached hydrogen (secondary N) is 1. The minimum Gasteiger partial charge on any atom is -0.379 e. The van der Waals surface area contributed by atoms with Crippen molar-refractivity contribution in [3.63, 3.8) is 0 Å². The Labute approximate surface area is 185 Å². The molecule has 10 nitrogen and oxygen atoms in total. The van der Waals surface area contributed by atoms with E-state index in [9.17, 15) is 21.6 Å². The molecular formula is C18H21ClN4O6S2. The number of morpholine rings is 1. The highest BCUT2D eigenvalue weighted by Crippen LogP contribution is 2.21. The van der Waals surface area contributed by atoms with Crippen LogP contribution in [0.2, 0.25) is 5.02 Å². The molecule has 1 amide bonds. The van der Waals surface area contributed by atoms with Crippen molar-refractivity contribution in [2.75, 3.05) is 37.4 Å². The molecule has 1 aliphatic rings. The molecule has 2 aromatic rings. The predicted molar refractivity (Wildman–Crippen MR) is 113 cm³/mol. The van der Waals surface area contributed by atoms with Gasteiger partial charge in [0.2, 0.25) is 25.0 Å². The van der Waals surface area contributed by atoms with Gasteiger partial charge in [0, 0.05) is 18.8 Å². The molecule has 1 aromatic carbocycles. The molecule has 31 heavy (non-hydrogen) atoms. The van der Waals surface area contributed by atoms with Crippen molar-refractivity contribution in [2.45, 2.75) is 23.4 Å². The molecule has 0 saturated carbocycles. The standard InChI is InChI=1S/C18H21ClN4O6S2/c1-2-11-30(25,26)18-20-12-15(19)16(22-18)17(24)21-13-3-5-14(6-4-13)31(27,28)23-7-9-29-10-8-23/h3-6,12H,2,7-11H2,1H3,(H,21,24). The Balaban J connectivity index is 1.78. The largest absolute Gasteiger partial charge is 0.379 e. The molecule has 1 saturated heterocycles. The van der Waals surface area contributed by atoms with Crippen molar-refractivity contribution in [1.82, 2.24) is 14.3 Å². The molecule has 3 rings (SSSR count). The van der Waals surface area contributed by atoms with E-state index in [-0.39, 0.29) is 34.5 Å². The van der Waals surface area contributed by atoms with Crippen LogP contribution in [0.1, 0.15) is 23.8 Å². The van der Waals surface area contributed by atoms with Crippen LogP contribution in [0.15, 0.2) is 40.5 Å². The van der Waals surface area contributed by atoms with Gasteiger partial charge in [0.05, 0.1) is 35.1 Å². The van der Waals surface area contributed by atoms with Crippen molar-refractivity contribution in [2.24, 2.45) is 0 Å². The van der Waals surface area contributed by atoms with Gasteiger partial charge in [-0.2, -0.15) is 4.31 Å². The second-order valence-corrected chi connectivity index (χ2v) is 11.0. The summed E-state index contributed by atoms with van der Waals surface area (Å²) in [5.74, 6) is -0.904. The average Bonchev–Trinajstić information content (AvgIpc) is 2.75. The summed E-state index contributed by atoms with van der Waals surface area (Å²) >= 11 is 5.98. The second-order valence-electron chi connectivity index (χ2n) is 6.66. The Kier molecular flexibility index (Phi) is 7.27. The summed E-state index contributed by atoms with van der Waals surface area (Å²) in [7, 11) is -7.39. The summed E-state index contributed by atoms with van der Waals surface area (Å²) in [5, 5.41) is 1.94. The zero-order chi connectivity index (χ0) is 22.6. The first kappa shape index (κ1) is 23.5. The monoisotopic (exact) mass is 488 g/mol. The third-order valence-corrected chi connectivity index (χ3v) is 8.30. The van der Waals surface area contributed by atoms with Gasteiger partial charge in [0.1, 0.15) is 0 Å². The molecule has 0 unspecified atom stereocenters. The van der Waals surface area contributed by atoms with E-state index in [4.69, 9.17) is 16.3 Å². The fourth-order valence-electron chi connectivity index (χ4n) is 2.86. The van der Waals surface area contributed by atoms with Crippen LogP contribution < -0.4 is 5.32 Å². The summed E-state index contributed by atoms with van der Waals surface area (Å²) in [4.78, 5) is 20.2. The lowest BCUT2D eigenvalue weighted by Crippen LogP contribution is -2.40. The smallest absolute Gasteiger partial charge is 0.275 e. The Morgan fingerprint density at radius 1 is 1.16 bits per heavy atom. The van der Waals surface area contributed by atoms with E-state index >= 15 is 0 Å². The second kappa shape index (κ2) is 9.57. The Morgan fingerprint density at radius 3 is 2.42 bits per heavy atom. The van der Waals surface area contributed by atoms with E-state index in [1.165, 1.54) is 28.6 Å². The highest BCUT2D eigenvalue weighted by molar-refractivity contribution is 7.91. The number of carbonyl (C=O) groups excluding carboxylic acids is 1. The molecule has 13 heteroatoms. The summed E-state index contributed by atoms with van der Waals surface area (Å²) in [5.41, 5.74) is -0.00469. The molecule has 1 N–H and O–H groups in total. The van der Waals surface area contributed by atoms with Crippen molar-refractivity contribution in [1.29, 1.82) is 0 Å². The van der Waals surface area contributed by atoms with Gasteiger partial charge >= 0.3 is 0 Å². The Morgan fingerprint density at radius 2 is 1.81 bits per heavy atom. The maximum Gasteiger partial charge on any atom is 0.275 e. The molecular weight excluding hydrogens is 468 g/mol. The number of hydrogen-bond donors (Lipinski definition) is 1. The number of carbonyl (C=O) groups is 1. The van der Waals surface area contributed by atoms with Crippen molar-refractivity contribution in [3.05, 3.63) is 41.2 Å². The van der Waals surface area contributed by atoms with Gasteiger partial charge in [-0.1, -0.05) is 18.5 Å². The van der Waals surface area contributed by atoms with Gasteiger partial charge in [-0.15, -0.1) is 0 Å². The van der Waals surface area contributed by atoms with Gasteiger partial charge in [-0.3, -0.25) is 4.79 Å². The number of hydrogen-bond acceptors (Lipinski definition) is 8. The SMILES string of the molecule is CCCS(=O)(=O)c1ncc(Cl)c(C(=O)Nc2ccc(S(=O)(=O)N3CCOCC3)cc2)n1. The quantitative estimate of drug-likeness (QED) is 0.580. The van der Waals surface area contributed by atoms with Gasteiger partial charge in [-0.05, 0) is 30.7 Å². The fraction of sp³-hybridized carbons (Fsp3) is 0.389. The van der Waals surface area contributed by atoms with Crippen LogP contribution in [0, 0.1) is 0 Å². The van der Waals surface area contributed by atoms with E-state index in [1.807, 2.05) is 0 Å². The van der Waals surface area contributed by atoms with Crippen molar-refractivity contribution >= 4 is 43.1 Å². The fourth-order valence-corrected chi connectivity index (χ4v) is 5.61. The van der Waals surface area contributed by atoms with E-state index in [0.29, 0.717) is 25.3 Å². The van der Waals surface area contributed by atoms with Gasteiger partial charge in [-0.25, -0.2) is 26.8 Å². The lowest BCUT2D eigenvalue weighted by atomic mass is 10.3. The van der Waals surface area contributed by atoms with Crippen molar-refractivity contribution < 1.29 is 26.4 Å². The summed E-state index contributed by atoms with van der Waals surface area (Å²) in [6.07, 6.45) is 1.43. The zero-order valence-electron chi connectivity index (χ0n) is 16.6. The first-order chi connectivity index (χ1) is 14.6. The molecule has 0 aliphatic carbocycles. The molecule has 168 valence electrons. The predicted octanol–water partition coefficient (Wildman–Crippen LogP) is 1.59. The molecule has 0 radical (unpaired) electrons. The minimum absolute atomic E-state index is 0.0837. The van der Waals surface area contributed by atoms with Crippen LogP contribution in [0.5, 0.6) is 0 Å². The van der Waals surface area contributed by atoms with E-state index < -0.39 is 30.9 Å². The molecule has 0 atom stereocenters. The maximum atomic E-state index is 12.7. The van der Waals surface area contributed by atoms with E-state index in [0.717, 1.165) is 6.20 Å². The highest BCUT2D eigenvalue weighted by Gasteiger charge is 2.26. The minimum atomic E-state index is -3.73. The van der Waals surface area contributed by atoms with Crippen LogP contribution in [-0.4, -0.2) is 69.1 Å². The first-order valence-corrected chi connectivity index (χ1v) is 12.9. The van der Waals surface area contributed by atoms with E-state index in [1.54, 1.807) is 6.92 Å². The number of halogens is 1. The van der Waals surface area contributed by atoms with Crippen molar-refractivity contribution in [3.8, 4) is 0 Å². The van der Waals surface area contributed by atoms with Gasteiger partial charge < -0.3 is 10.1 Å². The molecule has 1 fully saturated rings. The number of sulfone groups is 1. The third-order valence-electron chi connectivity index (χ3n) is 4.41. The summed E-state index contributed by atoms with van der Waals surface area (Å²) in [6, 6.07) is 5.60. The molecule has 1 aromatic heterocycles. The lowest BCUT2D eigenvalue weighted by Gasteiger charge is -2.26. The number of anilines is 1. The highest BCUT2D eigenvalue weighted by atomic mass is 35.5. The average molecular weight is 489 g/mol. The van der Waals surface area contributed by atoms with Crippen LogP contribution in [0.3, 0.4) is 0 Å². The van der Waals surface area contributed by atoms with Crippen LogP contribution >= 0.6 is 11.6 Å². The van der Waals surface area contributed by atoms with E-state index in [2.05, 4.69) is 15.3 Å². The molecule has 2 heterocycles. The molecule has 1 aliphatic heterocycles. The van der Waals surface area contributed by atoms with Gasteiger partial charge in [0.25, 0.3) is 5.91 Å². The number of benzene rings is 1. The topological polar surface area (TPSA) is 136 Å². The van der Waals surface area contributed by atoms with Crippen LogP contribution in [0.25, 0.3) is 0 Å². The normalized spacial score (nSPS) is 15.5. The molecule has 0 spiro atoms. The maximum absolute atomic E-state index is 12.7. The Bertz CT molecular complexity index is 1160.